The van der Waals surface area contributed by atoms with Gasteiger partial charge in [-0.15, -0.1) is 11.6 Å². The Hall–Kier alpha value is -0.770. The summed E-state index contributed by atoms with van der Waals surface area (Å²) < 4.78 is 0. The average Bonchev–Trinajstić information content (AvgIpc) is 2.66. The molecule has 0 saturated carbocycles. The van der Waals surface area contributed by atoms with Gasteiger partial charge in [-0.1, -0.05) is 13.3 Å². The molecule has 0 radical (unpaired) electrons. The van der Waals surface area contributed by atoms with Gasteiger partial charge in [0, 0.05) is 25.4 Å². The van der Waals surface area contributed by atoms with Crippen molar-refractivity contribution in [3.05, 3.63) is 0 Å². The summed E-state index contributed by atoms with van der Waals surface area (Å²) >= 11 is 5.40. The van der Waals surface area contributed by atoms with Gasteiger partial charge in [-0.2, -0.15) is 0 Å². The number of nitrogens with zero attached hydrogens (tertiary/aromatic N) is 1. The van der Waals surface area contributed by atoms with E-state index in [9.17, 15) is 9.59 Å². The molecule has 4 nitrogen and oxygen atoms in total. The predicted octanol–water partition coefficient (Wildman–Crippen LogP) is 1.58. The van der Waals surface area contributed by atoms with Crippen LogP contribution in [-0.2, 0) is 4.79 Å². The van der Waals surface area contributed by atoms with Gasteiger partial charge in [-0.25, -0.2) is 4.79 Å². The minimum Gasteiger partial charge on any atom is -0.324 e. The van der Waals surface area contributed by atoms with Crippen LogP contribution in [0.15, 0.2) is 0 Å². The van der Waals surface area contributed by atoms with Gasteiger partial charge in [-0.3, -0.25) is 10.1 Å². The summed E-state index contributed by atoms with van der Waals surface area (Å²) in [6.45, 7) is 3.62. The maximum Gasteiger partial charge on any atom is 0.324 e. The summed E-state index contributed by atoms with van der Waals surface area (Å²) in [7, 11) is 0. The number of halogens is 1. The molecule has 0 aromatic carbocycles. The highest BCUT2D eigenvalue weighted by Crippen LogP contribution is 2.18. The zero-order valence-corrected chi connectivity index (χ0v) is 9.72. The van der Waals surface area contributed by atoms with Crippen molar-refractivity contribution in [1.82, 2.24) is 10.2 Å². The molecule has 0 aliphatic carbocycles. The van der Waals surface area contributed by atoms with Crippen molar-refractivity contribution in [2.75, 3.05) is 19.0 Å². The number of alkyl halides is 1. The normalized spacial score (nSPS) is 20.4. The number of nitrogens with one attached hydrogen (secondary N) is 1. The fourth-order valence-electron chi connectivity index (χ4n) is 1.70. The van der Waals surface area contributed by atoms with E-state index in [4.69, 9.17) is 11.6 Å². The Morgan fingerprint density at radius 3 is 2.80 bits per heavy atom. The van der Waals surface area contributed by atoms with E-state index in [1.54, 1.807) is 4.90 Å². The van der Waals surface area contributed by atoms with Crippen LogP contribution in [0.1, 0.15) is 26.2 Å². The number of hydrogen-bond donors (Lipinski definition) is 1. The second-order valence-electron chi connectivity index (χ2n) is 3.80. The van der Waals surface area contributed by atoms with Gasteiger partial charge in [-0.05, 0) is 12.3 Å². The molecule has 0 bridgehead atoms. The Labute approximate surface area is 95.0 Å². The number of carbonyl (C=O) groups excluding carboxylic acids is 2. The van der Waals surface area contributed by atoms with Crippen molar-refractivity contribution >= 4 is 23.5 Å². The van der Waals surface area contributed by atoms with Gasteiger partial charge in [0.2, 0.25) is 5.91 Å². The fourth-order valence-corrected chi connectivity index (χ4v) is 1.87. The van der Waals surface area contributed by atoms with Gasteiger partial charge < -0.3 is 4.90 Å². The Morgan fingerprint density at radius 2 is 2.27 bits per heavy atom. The minimum absolute atomic E-state index is 0.193. The highest BCUT2D eigenvalue weighted by Gasteiger charge is 2.25. The number of carbonyl (C=O) groups is 2. The Morgan fingerprint density at radius 1 is 1.53 bits per heavy atom. The predicted molar refractivity (Wildman–Crippen MR) is 58.8 cm³/mol. The molecule has 3 amide bonds. The molecular formula is C10H17ClN2O2. The SMILES string of the molecule is CCC1CCN(C(=O)NC(=O)CCCl)C1. The summed E-state index contributed by atoms with van der Waals surface area (Å²) in [5, 5.41) is 2.33. The lowest BCUT2D eigenvalue weighted by Crippen LogP contribution is -2.41. The van der Waals surface area contributed by atoms with Gasteiger partial charge >= 0.3 is 6.03 Å². The van der Waals surface area contributed by atoms with Crippen molar-refractivity contribution in [2.45, 2.75) is 26.2 Å². The number of likely N-dealkylation sites (tertiary alicyclic amines) is 1. The molecule has 1 heterocycles. The van der Waals surface area contributed by atoms with E-state index in [1.165, 1.54) is 0 Å². The third-order valence-corrected chi connectivity index (χ3v) is 2.91. The first kappa shape index (κ1) is 12.3. The highest BCUT2D eigenvalue weighted by atomic mass is 35.5. The second-order valence-corrected chi connectivity index (χ2v) is 4.18. The largest absolute Gasteiger partial charge is 0.324 e. The number of amides is 3. The van der Waals surface area contributed by atoms with Gasteiger partial charge in [0.15, 0.2) is 0 Å². The van der Waals surface area contributed by atoms with E-state index in [0.717, 1.165) is 25.9 Å². The minimum atomic E-state index is -0.296. The number of urea groups is 1. The summed E-state index contributed by atoms with van der Waals surface area (Å²) in [5.74, 6) is 0.533. The Kier molecular flexibility index (Phi) is 4.88. The van der Waals surface area contributed by atoms with E-state index in [1.807, 2.05) is 0 Å². The van der Waals surface area contributed by atoms with Gasteiger partial charge in [0.1, 0.15) is 0 Å². The van der Waals surface area contributed by atoms with Crippen LogP contribution in [-0.4, -0.2) is 35.8 Å². The first-order valence-corrected chi connectivity index (χ1v) is 5.85. The van der Waals surface area contributed by atoms with E-state index >= 15 is 0 Å². The summed E-state index contributed by atoms with van der Waals surface area (Å²) in [4.78, 5) is 24.4. The number of hydrogen-bond acceptors (Lipinski definition) is 2. The average molecular weight is 233 g/mol. The molecule has 5 heteroatoms. The zero-order chi connectivity index (χ0) is 11.3. The molecule has 0 aromatic rings. The molecule has 1 unspecified atom stereocenters. The molecular weight excluding hydrogens is 216 g/mol. The molecule has 1 saturated heterocycles. The molecule has 1 rings (SSSR count). The molecule has 1 atom stereocenters. The first-order chi connectivity index (χ1) is 7.17. The van der Waals surface area contributed by atoms with Crippen LogP contribution in [0.5, 0.6) is 0 Å². The summed E-state index contributed by atoms with van der Waals surface area (Å²) in [6.07, 6.45) is 2.31. The smallest absolute Gasteiger partial charge is 0.324 e. The van der Waals surface area contributed by atoms with E-state index in [0.29, 0.717) is 5.92 Å². The lowest BCUT2D eigenvalue weighted by Gasteiger charge is -2.16. The lowest BCUT2D eigenvalue weighted by atomic mass is 10.1. The molecule has 0 aromatic heterocycles. The van der Waals surface area contributed by atoms with Crippen molar-refractivity contribution in [1.29, 1.82) is 0 Å². The van der Waals surface area contributed by atoms with Gasteiger partial charge in [0.25, 0.3) is 0 Å². The molecule has 0 spiro atoms. The third-order valence-electron chi connectivity index (χ3n) is 2.72. The summed E-state index contributed by atoms with van der Waals surface area (Å²) in [6, 6.07) is -0.277. The maximum absolute atomic E-state index is 11.5. The first-order valence-electron chi connectivity index (χ1n) is 5.32. The van der Waals surface area contributed by atoms with Crippen molar-refractivity contribution < 1.29 is 9.59 Å². The van der Waals surface area contributed by atoms with E-state index < -0.39 is 0 Å². The van der Waals surface area contributed by atoms with Crippen molar-refractivity contribution in [2.24, 2.45) is 5.92 Å². The van der Waals surface area contributed by atoms with Crippen LogP contribution in [0.25, 0.3) is 0 Å². The monoisotopic (exact) mass is 232 g/mol. The molecule has 1 N–H and O–H groups in total. The third kappa shape index (κ3) is 3.70. The van der Waals surface area contributed by atoms with Gasteiger partial charge in [0.05, 0.1) is 0 Å². The van der Waals surface area contributed by atoms with Crippen LogP contribution in [0.4, 0.5) is 4.79 Å². The lowest BCUT2D eigenvalue weighted by molar-refractivity contribution is -0.119. The van der Waals surface area contributed by atoms with Crippen LogP contribution < -0.4 is 5.32 Å². The zero-order valence-electron chi connectivity index (χ0n) is 8.96. The maximum atomic E-state index is 11.5. The fraction of sp³-hybridized carbons (Fsp3) is 0.800. The highest BCUT2D eigenvalue weighted by molar-refractivity contribution is 6.19. The topological polar surface area (TPSA) is 49.4 Å². The standard InChI is InChI=1S/C10H17ClN2O2/c1-2-8-4-6-13(7-8)10(15)12-9(14)3-5-11/h8H,2-7H2,1H3,(H,12,14,15). The van der Waals surface area contributed by atoms with E-state index in [2.05, 4.69) is 12.2 Å². The molecule has 86 valence electrons. The van der Waals surface area contributed by atoms with Crippen LogP contribution in [0.3, 0.4) is 0 Å². The number of rotatable bonds is 3. The Balaban J connectivity index is 2.32. The Bertz CT molecular complexity index is 246. The second kappa shape index (κ2) is 5.95. The molecule has 1 aliphatic heterocycles. The molecule has 1 aliphatic rings. The quantitative estimate of drug-likeness (QED) is 0.752. The van der Waals surface area contributed by atoms with Crippen LogP contribution >= 0.6 is 11.6 Å². The van der Waals surface area contributed by atoms with Crippen LogP contribution in [0.2, 0.25) is 0 Å². The van der Waals surface area contributed by atoms with Crippen molar-refractivity contribution in [3.63, 3.8) is 0 Å². The molecule has 15 heavy (non-hydrogen) atoms. The molecule has 1 fully saturated rings. The van der Waals surface area contributed by atoms with Crippen molar-refractivity contribution in [3.8, 4) is 0 Å². The summed E-state index contributed by atoms with van der Waals surface area (Å²) in [5.41, 5.74) is 0. The van der Waals surface area contributed by atoms with E-state index in [-0.39, 0.29) is 24.2 Å². The van der Waals surface area contributed by atoms with Crippen LogP contribution in [0, 0.1) is 5.92 Å². The number of imide groups is 1.